The fraction of sp³-hybridized carbons (Fsp3) is 0.333. The maximum Gasteiger partial charge on any atom is 0.270 e. The van der Waals surface area contributed by atoms with E-state index in [1.54, 1.807) is 13.8 Å². The van der Waals surface area contributed by atoms with Crippen molar-refractivity contribution < 1.29 is 9.72 Å². The van der Waals surface area contributed by atoms with Crippen LogP contribution in [0.15, 0.2) is 18.2 Å². The largest absolute Gasteiger partial charge is 0.293 e. The number of nitrogens with zero attached hydrogens (tertiary/aromatic N) is 2. The summed E-state index contributed by atoms with van der Waals surface area (Å²) >= 11 is 0. The van der Waals surface area contributed by atoms with Crippen molar-refractivity contribution in [2.24, 2.45) is 5.92 Å². The van der Waals surface area contributed by atoms with Crippen LogP contribution in [0.25, 0.3) is 0 Å². The first-order chi connectivity index (χ1) is 8.01. The van der Waals surface area contributed by atoms with E-state index in [4.69, 9.17) is 5.26 Å². The van der Waals surface area contributed by atoms with Gasteiger partial charge in [-0.1, -0.05) is 13.0 Å². The highest BCUT2D eigenvalue weighted by molar-refractivity contribution is 6.01. The normalized spacial score (nSPS) is 11.6. The topological polar surface area (TPSA) is 84.0 Å². The zero-order valence-electron chi connectivity index (χ0n) is 9.64. The average Bonchev–Trinajstić information content (AvgIpc) is 2.30. The highest BCUT2D eigenvalue weighted by Gasteiger charge is 2.21. The summed E-state index contributed by atoms with van der Waals surface area (Å²) in [5.74, 6) is -1.09. The van der Waals surface area contributed by atoms with Gasteiger partial charge in [-0.25, -0.2) is 0 Å². The highest BCUT2D eigenvalue weighted by atomic mass is 16.6. The van der Waals surface area contributed by atoms with Crippen molar-refractivity contribution in [1.82, 2.24) is 0 Å². The molecule has 1 rings (SSSR count). The second kappa shape index (κ2) is 5.21. The zero-order valence-corrected chi connectivity index (χ0v) is 9.64. The molecule has 17 heavy (non-hydrogen) atoms. The Morgan fingerprint density at radius 2 is 2.24 bits per heavy atom. The van der Waals surface area contributed by atoms with Gasteiger partial charge in [0.15, 0.2) is 5.78 Å². The molecule has 1 unspecified atom stereocenters. The molecule has 0 saturated heterocycles. The summed E-state index contributed by atoms with van der Waals surface area (Å²) in [6, 6.07) is 6.01. The number of benzene rings is 1. The standard InChI is InChI=1S/C12H12N2O3/c1-3-9(7-13)12(15)11-6-10(14(16)17)5-4-8(11)2/h4-6,9H,3H2,1-2H3. The number of rotatable bonds is 4. The van der Waals surface area contributed by atoms with Gasteiger partial charge < -0.3 is 0 Å². The van der Waals surface area contributed by atoms with Crippen LogP contribution in [0.1, 0.15) is 29.3 Å². The van der Waals surface area contributed by atoms with Gasteiger partial charge in [-0.3, -0.25) is 14.9 Å². The third kappa shape index (κ3) is 2.67. The van der Waals surface area contributed by atoms with E-state index in [0.29, 0.717) is 12.0 Å². The van der Waals surface area contributed by atoms with E-state index in [-0.39, 0.29) is 17.0 Å². The fourth-order valence-corrected chi connectivity index (χ4v) is 1.51. The smallest absolute Gasteiger partial charge is 0.270 e. The van der Waals surface area contributed by atoms with Crippen molar-refractivity contribution in [2.45, 2.75) is 20.3 Å². The van der Waals surface area contributed by atoms with E-state index in [0.717, 1.165) is 0 Å². The Labute approximate surface area is 98.8 Å². The molecule has 0 aliphatic heterocycles. The third-order valence-corrected chi connectivity index (χ3v) is 2.58. The Morgan fingerprint density at radius 3 is 2.71 bits per heavy atom. The van der Waals surface area contributed by atoms with Gasteiger partial charge in [-0.05, 0) is 18.9 Å². The van der Waals surface area contributed by atoms with Crippen LogP contribution >= 0.6 is 0 Å². The van der Waals surface area contributed by atoms with Crippen LogP contribution in [0, 0.1) is 34.3 Å². The summed E-state index contributed by atoms with van der Waals surface area (Å²) < 4.78 is 0. The molecule has 0 N–H and O–H groups in total. The number of carbonyl (C=O) groups is 1. The lowest BCUT2D eigenvalue weighted by Gasteiger charge is -2.07. The third-order valence-electron chi connectivity index (χ3n) is 2.58. The summed E-state index contributed by atoms with van der Waals surface area (Å²) in [6.45, 7) is 3.43. The summed E-state index contributed by atoms with van der Waals surface area (Å²) in [7, 11) is 0. The van der Waals surface area contributed by atoms with Crippen LogP contribution in [0.4, 0.5) is 5.69 Å². The second-order valence-electron chi connectivity index (χ2n) is 3.71. The van der Waals surface area contributed by atoms with Crippen LogP contribution < -0.4 is 0 Å². The van der Waals surface area contributed by atoms with Crippen molar-refractivity contribution in [2.75, 3.05) is 0 Å². The van der Waals surface area contributed by atoms with Crippen LogP contribution in [0.5, 0.6) is 0 Å². The molecule has 1 aromatic carbocycles. The van der Waals surface area contributed by atoms with E-state index in [1.165, 1.54) is 18.2 Å². The van der Waals surface area contributed by atoms with Gasteiger partial charge in [0.05, 0.1) is 11.0 Å². The number of aryl methyl sites for hydroxylation is 1. The van der Waals surface area contributed by atoms with Crippen molar-refractivity contribution in [3.63, 3.8) is 0 Å². The van der Waals surface area contributed by atoms with Crippen molar-refractivity contribution in [3.05, 3.63) is 39.4 Å². The molecule has 0 aromatic heterocycles. The maximum atomic E-state index is 12.0. The summed E-state index contributed by atoms with van der Waals surface area (Å²) in [4.78, 5) is 22.0. The van der Waals surface area contributed by atoms with Crippen molar-refractivity contribution in [3.8, 4) is 6.07 Å². The second-order valence-corrected chi connectivity index (χ2v) is 3.71. The molecule has 0 aliphatic carbocycles. The lowest BCUT2D eigenvalue weighted by atomic mass is 9.93. The molecule has 1 atom stereocenters. The highest BCUT2D eigenvalue weighted by Crippen LogP contribution is 2.21. The van der Waals surface area contributed by atoms with Gasteiger partial charge >= 0.3 is 0 Å². The van der Waals surface area contributed by atoms with E-state index < -0.39 is 10.8 Å². The van der Waals surface area contributed by atoms with Crippen molar-refractivity contribution >= 4 is 11.5 Å². The molecular formula is C12H12N2O3. The molecule has 5 nitrogen and oxygen atoms in total. The van der Waals surface area contributed by atoms with Crippen molar-refractivity contribution in [1.29, 1.82) is 5.26 Å². The number of carbonyl (C=O) groups excluding carboxylic acids is 1. The number of hydrogen-bond donors (Lipinski definition) is 0. The number of nitriles is 1. The minimum atomic E-state index is -0.740. The van der Waals surface area contributed by atoms with E-state index in [9.17, 15) is 14.9 Å². The molecule has 88 valence electrons. The average molecular weight is 232 g/mol. The van der Waals surface area contributed by atoms with Gasteiger partial charge in [-0.15, -0.1) is 0 Å². The molecule has 0 aliphatic rings. The minimum absolute atomic E-state index is 0.133. The maximum absolute atomic E-state index is 12.0. The zero-order chi connectivity index (χ0) is 13.0. The van der Waals surface area contributed by atoms with E-state index >= 15 is 0 Å². The lowest BCUT2D eigenvalue weighted by Crippen LogP contribution is -2.13. The first-order valence-electron chi connectivity index (χ1n) is 5.20. The molecule has 0 amide bonds. The van der Waals surface area contributed by atoms with Crippen LogP contribution in [0.3, 0.4) is 0 Å². The SMILES string of the molecule is CCC(C#N)C(=O)c1cc([N+](=O)[O-])ccc1C. The van der Waals surface area contributed by atoms with Crippen LogP contribution in [-0.2, 0) is 0 Å². The lowest BCUT2D eigenvalue weighted by molar-refractivity contribution is -0.384. The van der Waals surface area contributed by atoms with Gasteiger partial charge in [0.2, 0.25) is 0 Å². The fourth-order valence-electron chi connectivity index (χ4n) is 1.51. The van der Waals surface area contributed by atoms with Gasteiger partial charge in [0.1, 0.15) is 5.92 Å². The van der Waals surface area contributed by atoms with Crippen LogP contribution in [0.2, 0.25) is 0 Å². The minimum Gasteiger partial charge on any atom is -0.293 e. The van der Waals surface area contributed by atoms with Crippen LogP contribution in [-0.4, -0.2) is 10.7 Å². The molecule has 0 heterocycles. The van der Waals surface area contributed by atoms with Gasteiger partial charge in [-0.2, -0.15) is 5.26 Å². The number of non-ortho nitro benzene ring substituents is 1. The first kappa shape index (κ1) is 12.8. The Bertz CT molecular complexity index is 503. The number of hydrogen-bond acceptors (Lipinski definition) is 4. The first-order valence-corrected chi connectivity index (χ1v) is 5.20. The molecule has 1 aromatic rings. The monoisotopic (exact) mass is 232 g/mol. The van der Waals surface area contributed by atoms with E-state index in [2.05, 4.69) is 0 Å². The number of nitro groups is 1. The molecule has 0 fully saturated rings. The Hall–Kier alpha value is -2.22. The molecule has 0 radical (unpaired) electrons. The van der Waals surface area contributed by atoms with E-state index in [1.807, 2.05) is 6.07 Å². The quantitative estimate of drug-likeness (QED) is 0.453. The molecule has 0 bridgehead atoms. The Kier molecular flexibility index (Phi) is 3.94. The molecule has 0 spiro atoms. The molecule has 5 heteroatoms. The predicted molar refractivity (Wildman–Crippen MR) is 61.6 cm³/mol. The number of ketones is 1. The number of Topliss-reactive ketones (excluding diaryl/α,β-unsaturated/α-hetero) is 1. The summed E-state index contributed by atoms with van der Waals surface area (Å²) in [6.07, 6.45) is 0.400. The Balaban J connectivity index is 3.22. The van der Waals surface area contributed by atoms with Gasteiger partial charge in [0.25, 0.3) is 5.69 Å². The van der Waals surface area contributed by atoms with Gasteiger partial charge in [0, 0.05) is 17.7 Å². The molecule has 0 saturated carbocycles. The Morgan fingerprint density at radius 1 is 1.59 bits per heavy atom. The predicted octanol–water partition coefficient (Wildman–Crippen LogP) is 2.64. The summed E-state index contributed by atoms with van der Waals surface area (Å²) in [5.41, 5.74) is 0.772. The summed E-state index contributed by atoms with van der Waals surface area (Å²) in [5, 5.41) is 19.4. The molecular weight excluding hydrogens is 220 g/mol. The number of nitro benzene ring substituents is 1.